The van der Waals surface area contributed by atoms with Gasteiger partial charge >= 0.3 is 6.03 Å². The first-order valence-corrected chi connectivity index (χ1v) is 8.88. The van der Waals surface area contributed by atoms with Crippen LogP contribution in [0.15, 0.2) is 59.6 Å². The summed E-state index contributed by atoms with van der Waals surface area (Å²) in [6.45, 7) is 2.51. The molecule has 5 nitrogen and oxygen atoms in total. The molecule has 0 saturated carbocycles. The number of nitrogens with one attached hydrogen (secondary N) is 2. The molecule has 2 aromatic carbocycles. The summed E-state index contributed by atoms with van der Waals surface area (Å²) in [4.78, 5) is 19.6. The number of aromatic amines is 1. The number of aliphatic imine (C=N–C) groups is 1. The average Bonchev–Trinajstić information content (AvgIpc) is 3.00. The van der Waals surface area contributed by atoms with E-state index in [2.05, 4.69) is 22.2 Å². The molecule has 0 aliphatic rings. The number of nitrogens with zero attached hydrogens (tertiary/aromatic N) is 1. The fraction of sp³-hybridized carbons (Fsp3) is 0.238. The van der Waals surface area contributed by atoms with Crippen molar-refractivity contribution in [3.8, 4) is 5.88 Å². The summed E-state index contributed by atoms with van der Waals surface area (Å²) < 4.78 is 0. The first-order chi connectivity index (χ1) is 12.7. The number of benzene rings is 2. The summed E-state index contributed by atoms with van der Waals surface area (Å²) >= 11 is 0. The lowest BCUT2D eigenvalue weighted by Gasteiger charge is -2.07. The van der Waals surface area contributed by atoms with Gasteiger partial charge in [-0.3, -0.25) is 0 Å². The number of urea groups is 1. The summed E-state index contributed by atoms with van der Waals surface area (Å²) in [6, 6.07) is 16.9. The van der Waals surface area contributed by atoms with Crippen molar-refractivity contribution in [2.45, 2.75) is 32.7 Å². The van der Waals surface area contributed by atoms with Gasteiger partial charge in [0.1, 0.15) is 0 Å². The van der Waals surface area contributed by atoms with Gasteiger partial charge in [-0.2, -0.15) is 4.99 Å². The molecular weight excluding hydrogens is 326 g/mol. The number of amides is 2. The fourth-order valence-electron chi connectivity index (χ4n) is 2.94. The minimum atomic E-state index is -0.398. The highest BCUT2D eigenvalue weighted by atomic mass is 16.3. The molecule has 3 aromatic rings. The van der Waals surface area contributed by atoms with Crippen molar-refractivity contribution in [3.63, 3.8) is 0 Å². The molecule has 3 N–H and O–H groups in total. The van der Waals surface area contributed by atoms with E-state index in [-0.39, 0.29) is 5.88 Å². The number of hydrogen-bond donors (Lipinski definition) is 3. The lowest BCUT2D eigenvalue weighted by molar-refractivity contribution is 0.249. The van der Waals surface area contributed by atoms with E-state index in [0.29, 0.717) is 24.2 Å². The van der Waals surface area contributed by atoms with Crippen molar-refractivity contribution >= 4 is 22.6 Å². The van der Waals surface area contributed by atoms with E-state index >= 15 is 0 Å². The van der Waals surface area contributed by atoms with E-state index in [0.717, 1.165) is 29.3 Å². The molecule has 134 valence electrons. The molecule has 3 rings (SSSR count). The Morgan fingerprint density at radius 3 is 2.62 bits per heavy atom. The van der Waals surface area contributed by atoms with Crippen LogP contribution in [0.4, 0.5) is 4.79 Å². The number of aromatic hydroxyl groups is 1. The Kier molecular flexibility index (Phi) is 5.69. The first kappa shape index (κ1) is 17.7. The standard InChI is InChI=1S/C21H23N3O2/c1-2-3-12-18(19-16-11-7-8-13-17(16)23-20(19)25)24-21(26)22-14-15-9-5-4-6-10-15/h4-11,13,23,25H,2-3,12,14H2,1H3,(H,22,26)/b24-18+. The van der Waals surface area contributed by atoms with Crippen LogP contribution in [0.1, 0.15) is 37.3 Å². The van der Waals surface area contributed by atoms with Gasteiger partial charge in [0.05, 0.1) is 11.3 Å². The second-order valence-corrected chi connectivity index (χ2v) is 6.20. The predicted molar refractivity (Wildman–Crippen MR) is 105 cm³/mol. The minimum absolute atomic E-state index is 0.0527. The Hall–Kier alpha value is -3.08. The Bertz CT molecular complexity index is 913. The molecule has 0 fully saturated rings. The van der Waals surface area contributed by atoms with Crippen LogP contribution in [0.25, 0.3) is 10.9 Å². The van der Waals surface area contributed by atoms with Crippen molar-refractivity contribution in [3.05, 3.63) is 65.7 Å². The van der Waals surface area contributed by atoms with Crippen LogP contribution in [0.3, 0.4) is 0 Å². The summed E-state index contributed by atoms with van der Waals surface area (Å²) in [5.74, 6) is 0.0527. The Morgan fingerprint density at radius 1 is 1.12 bits per heavy atom. The Labute approximate surface area is 152 Å². The molecule has 0 unspecified atom stereocenters. The zero-order valence-corrected chi connectivity index (χ0v) is 14.8. The maximum absolute atomic E-state index is 12.3. The predicted octanol–water partition coefficient (Wildman–Crippen LogP) is 4.76. The number of carbonyl (C=O) groups excluding carboxylic acids is 1. The molecule has 26 heavy (non-hydrogen) atoms. The normalized spacial score (nSPS) is 11.7. The van der Waals surface area contributed by atoms with Crippen LogP contribution < -0.4 is 5.32 Å². The minimum Gasteiger partial charge on any atom is -0.494 e. The molecule has 0 radical (unpaired) electrons. The topological polar surface area (TPSA) is 77.5 Å². The quantitative estimate of drug-likeness (QED) is 0.561. The van der Waals surface area contributed by atoms with Gasteiger partial charge in [-0.05, 0) is 24.5 Å². The summed E-state index contributed by atoms with van der Waals surface area (Å²) in [5, 5.41) is 14.0. The molecule has 0 spiro atoms. The van der Waals surface area contributed by atoms with E-state index in [1.165, 1.54) is 0 Å². The molecular formula is C21H23N3O2. The summed E-state index contributed by atoms with van der Waals surface area (Å²) in [6.07, 6.45) is 2.50. The highest BCUT2D eigenvalue weighted by Gasteiger charge is 2.17. The van der Waals surface area contributed by atoms with Gasteiger partial charge in [-0.15, -0.1) is 0 Å². The van der Waals surface area contributed by atoms with Crippen LogP contribution in [-0.2, 0) is 6.54 Å². The van der Waals surface area contributed by atoms with Gasteiger partial charge in [-0.1, -0.05) is 61.9 Å². The second kappa shape index (κ2) is 8.34. The fourth-order valence-corrected chi connectivity index (χ4v) is 2.94. The van der Waals surface area contributed by atoms with Gasteiger partial charge in [-0.25, -0.2) is 4.79 Å². The number of fused-ring (bicyclic) bond motifs is 1. The summed E-state index contributed by atoms with van der Waals surface area (Å²) in [7, 11) is 0. The maximum Gasteiger partial charge on any atom is 0.341 e. The molecule has 1 aromatic heterocycles. The van der Waals surface area contributed by atoms with E-state index in [9.17, 15) is 9.90 Å². The molecule has 1 heterocycles. The van der Waals surface area contributed by atoms with E-state index in [1.807, 2.05) is 54.6 Å². The third-order valence-electron chi connectivity index (χ3n) is 4.27. The van der Waals surface area contributed by atoms with E-state index in [1.54, 1.807) is 0 Å². The Balaban J connectivity index is 1.86. The molecule has 2 amide bonds. The number of unbranched alkanes of at least 4 members (excludes halogenated alkanes) is 1. The number of aromatic nitrogens is 1. The molecule has 0 aliphatic heterocycles. The van der Waals surface area contributed by atoms with E-state index < -0.39 is 6.03 Å². The average molecular weight is 349 g/mol. The number of rotatable bonds is 6. The van der Waals surface area contributed by atoms with E-state index in [4.69, 9.17) is 0 Å². The zero-order chi connectivity index (χ0) is 18.4. The SMILES string of the molecule is CCCC/C(=N\C(=O)NCc1ccccc1)c1c(O)[nH]c2ccccc12. The van der Waals surface area contributed by atoms with Gasteiger partial charge in [0.15, 0.2) is 5.88 Å². The largest absolute Gasteiger partial charge is 0.494 e. The summed E-state index contributed by atoms with van der Waals surface area (Å²) in [5.41, 5.74) is 3.06. The second-order valence-electron chi connectivity index (χ2n) is 6.20. The van der Waals surface area contributed by atoms with Gasteiger partial charge in [0.25, 0.3) is 0 Å². The zero-order valence-electron chi connectivity index (χ0n) is 14.8. The van der Waals surface area contributed by atoms with Crippen LogP contribution in [0.2, 0.25) is 0 Å². The number of para-hydroxylation sites is 1. The number of carbonyl (C=O) groups is 1. The molecule has 0 atom stereocenters. The van der Waals surface area contributed by atoms with Crippen molar-refractivity contribution in [1.82, 2.24) is 10.3 Å². The third-order valence-corrected chi connectivity index (χ3v) is 4.27. The molecule has 5 heteroatoms. The molecule has 0 aliphatic carbocycles. The van der Waals surface area contributed by atoms with Crippen molar-refractivity contribution in [1.29, 1.82) is 0 Å². The van der Waals surface area contributed by atoms with Crippen LogP contribution in [-0.4, -0.2) is 21.8 Å². The van der Waals surface area contributed by atoms with Gasteiger partial charge in [0, 0.05) is 17.4 Å². The lowest BCUT2D eigenvalue weighted by atomic mass is 10.0. The van der Waals surface area contributed by atoms with Crippen molar-refractivity contribution in [2.75, 3.05) is 0 Å². The van der Waals surface area contributed by atoms with Crippen LogP contribution in [0, 0.1) is 0 Å². The van der Waals surface area contributed by atoms with Crippen molar-refractivity contribution in [2.24, 2.45) is 4.99 Å². The van der Waals surface area contributed by atoms with Gasteiger partial charge < -0.3 is 15.4 Å². The smallest absolute Gasteiger partial charge is 0.341 e. The van der Waals surface area contributed by atoms with Crippen LogP contribution in [0.5, 0.6) is 5.88 Å². The highest BCUT2D eigenvalue weighted by molar-refractivity contribution is 6.15. The van der Waals surface area contributed by atoms with Crippen molar-refractivity contribution < 1.29 is 9.90 Å². The number of H-pyrrole nitrogens is 1. The lowest BCUT2D eigenvalue weighted by Crippen LogP contribution is -2.21. The van der Waals surface area contributed by atoms with Crippen LogP contribution >= 0.6 is 0 Å². The Morgan fingerprint density at radius 2 is 1.85 bits per heavy atom. The first-order valence-electron chi connectivity index (χ1n) is 8.88. The number of hydrogen-bond acceptors (Lipinski definition) is 2. The highest BCUT2D eigenvalue weighted by Crippen LogP contribution is 2.29. The monoisotopic (exact) mass is 349 g/mol. The van der Waals surface area contributed by atoms with Gasteiger partial charge in [0.2, 0.25) is 0 Å². The third kappa shape index (κ3) is 4.11. The maximum atomic E-state index is 12.3. The molecule has 0 saturated heterocycles. The molecule has 0 bridgehead atoms.